The molecule has 2 aliphatic carbocycles. The summed E-state index contributed by atoms with van der Waals surface area (Å²) in [7, 11) is 1.33. The molecule has 0 heterocycles. The van der Waals surface area contributed by atoms with Crippen molar-refractivity contribution in [3.05, 3.63) is 35.9 Å². The maximum atomic E-state index is 14.1. The molecule has 2 saturated carbocycles. The van der Waals surface area contributed by atoms with E-state index in [1.807, 2.05) is 0 Å². The van der Waals surface area contributed by atoms with Gasteiger partial charge in [-0.05, 0) is 100 Å². The second kappa shape index (κ2) is 12.5. The van der Waals surface area contributed by atoms with E-state index < -0.39 is 11.6 Å². The zero-order valence-corrected chi connectivity index (χ0v) is 19.4. The molecule has 2 fully saturated rings. The van der Waals surface area contributed by atoms with Crippen LogP contribution in [0.15, 0.2) is 24.3 Å². The maximum absolute atomic E-state index is 14.1. The fourth-order valence-electron chi connectivity index (χ4n) is 5.43. The number of halogens is 2. The van der Waals surface area contributed by atoms with Crippen LogP contribution < -0.4 is 9.47 Å². The van der Waals surface area contributed by atoms with Crippen LogP contribution in [0.25, 0.3) is 0 Å². The predicted octanol–water partition coefficient (Wildman–Crippen LogP) is 8.10. The second-order valence-electron chi connectivity index (χ2n) is 9.58. The third kappa shape index (κ3) is 6.95. The number of hydrogen-bond acceptors (Lipinski definition) is 2. The molecule has 2 nitrogen and oxygen atoms in total. The van der Waals surface area contributed by atoms with Gasteiger partial charge in [0.25, 0.3) is 0 Å². The summed E-state index contributed by atoms with van der Waals surface area (Å²) in [5.74, 6) is 0.902. The third-order valence-corrected chi connectivity index (χ3v) is 7.46. The van der Waals surface area contributed by atoms with Crippen molar-refractivity contribution in [1.29, 1.82) is 0 Å². The van der Waals surface area contributed by atoms with Gasteiger partial charge in [0.2, 0.25) is 11.6 Å². The SMILES string of the molecule is CCCCC/C=C/C1CCC(C2CCC(COc3ccc(OC)c(F)c3F)CC2)CC1. The largest absolute Gasteiger partial charge is 0.494 e. The van der Waals surface area contributed by atoms with Crippen LogP contribution in [0.4, 0.5) is 8.78 Å². The quantitative estimate of drug-likeness (QED) is 0.273. The average Bonchev–Trinajstić information content (AvgIpc) is 2.81. The van der Waals surface area contributed by atoms with Crippen LogP contribution in [-0.2, 0) is 0 Å². The number of rotatable bonds is 10. The van der Waals surface area contributed by atoms with Gasteiger partial charge >= 0.3 is 0 Å². The number of hydrogen-bond donors (Lipinski definition) is 0. The smallest absolute Gasteiger partial charge is 0.204 e. The van der Waals surface area contributed by atoms with Crippen molar-refractivity contribution in [2.24, 2.45) is 23.7 Å². The van der Waals surface area contributed by atoms with Gasteiger partial charge < -0.3 is 9.47 Å². The molecule has 4 heteroatoms. The average molecular weight is 435 g/mol. The third-order valence-electron chi connectivity index (χ3n) is 7.46. The number of allylic oxidation sites excluding steroid dienone is 2. The van der Waals surface area contributed by atoms with Crippen LogP contribution in [0.2, 0.25) is 0 Å². The molecular weight excluding hydrogens is 394 g/mol. The first-order chi connectivity index (χ1) is 15.1. The van der Waals surface area contributed by atoms with Crippen molar-refractivity contribution in [3.8, 4) is 11.5 Å². The Hall–Kier alpha value is -1.58. The monoisotopic (exact) mass is 434 g/mol. The molecule has 1 aromatic carbocycles. The normalized spacial score (nSPS) is 26.8. The summed E-state index contributed by atoms with van der Waals surface area (Å²) in [6.07, 6.45) is 20.3. The zero-order valence-electron chi connectivity index (χ0n) is 19.4. The fourth-order valence-corrected chi connectivity index (χ4v) is 5.43. The Labute approximate surface area is 187 Å². The van der Waals surface area contributed by atoms with E-state index >= 15 is 0 Å². The molecule has 0 bridgehead atoms. The van der Waals surface area contributed by atoms with Gasteiger partial charge in [0.15, 0.2) is 11.5 Å². The van der Waals surface area contributed by atoms with E-state index in [0.29, 0.717) is 12.5 Å². The molecule has 0 atom stereocenters. The van der Waals surface area contributed by atoms with Crippen molar-refractivity contribution < 1.29 is 18.3 Å². The van der Waals surface area contributed by atoms with Crippen molar-refractivity contribution in [2.45, 2.75) is 84.0 Å². The molecule has 0 N–H and O–H groups in total. The van der Waals surface area contributed by atoms with Gasteiger partial charge in [-0.2, -0.15) is 8.78 Å². The van der Waals surface area contributed by atoms with E-state index in [1.54, 1.807) is 0 Å². The van der Waals surface area contributed by atoms with Gasteiger partial charge in [-0.25, -0.2) is 0 Å². The molecule has 0 saturated heterocycles. The van der Waals surface area contributed by atoms with Crippen molar-refractivity contribution in [2.75, 3.05) is 13.7 Å². The summed E-state index contributed by atoms with van der Waals surface area (Å²) in [6.45, 7) is 2.72. The van der Waals surface area contributed by atoms with E-state index in [9.17, 15) is 8.78 Å². The minimum Gasteiger partial charge on any atom is -0.494 e. The Bertz CT molecular complexity index is 687. The Balaban J connectivity index is 1.35. The molecular formula is C27H40F2O2. The Kier molecular flexibility index (Phi) is 9.67. The van der Waals surface area contributed by atoms with E-state index in [2.05, 4.69) is 19.1 Å². The molecule has 2 aliphatic rings. The Morgan fingerprint density at radius 3 is 2.13 bits per heavy atom. The van der Waals surface area contributed by atoms with E-state index in [4.69, 9.17) is 9.47 Å². The van der Waals surface area contributed by atoms with Gasteiger partial charge in [0.1, 0.15) is 0 Å². The topological polar surface area (TPSA) is 18.5 Å². The summed E-state index contributed by atoms with van der Waals surface area (Å²) in [6, 6.07) is 2.88. The molecule has 0 amide bonds. The lowest BCUT2D eigenvalue weighted by molar-refractivity contribution is 0.127. The summed E-state index contributed by atoms with van der Waals surface area (Å²) >= 11 is 0. The maximum Gasteiger partial charge on any atom is 0.204 e. The van der Waals surface area contributed by atoms with Gasteiger partial charge in [-0.3, -0.25) is 0 Å². The van der Waals surface area contributed by atoms with Crippen molar-refractivity contribution in [3.63, 3.8) is 0 Å². The summed E-state index contributed by atoms with van der Waals surface area (Å²) < 4.78 is 38.4. The lowest BCUT2D eigenvalue weighted by Crippen LogP contribution is -2.27. The minimum absolute atomic E-state index is 0.0125. The number of benzene rings is 1. The molecule has 0 radical (unpaired) electrons. The van der Waals surface area contributed by atoms with Crippen LogP contribution in [-0.4, -0.2) is 13.7 Å². The highest BCUT2D eigenvalue weighted by Crippen LogP contribution is 2.42. The predicted molar refractivity (Wildman–Crippen MR) is 123 cm³/mol. The van der Waals surface area contributed by atoms with E-state index in [-0.39, 0.29) is 11.5 Å². The summed E-state index contributed by atoms with van der Waals surface area (Å²) in [4.78, 5) is 0. The fraction of sp³-hybridized carbons (Fsp3) is 0.704. The van der Waals surface area contributed by atoms with Crippen molar-refractivity contribution >= 4 is 0 Å². The van der Waals surface area contributed by atoms with Crippen LogP contribution in [0.1, 0.15) is 84.0 Å². The molecule has 0 aliphatic heterocycles. The van der Waals surface area contributed by atoms with Gasteiger partial charge in [-0.15, -0.1) is 0 Å². The van der Waals surface area contributed by atoms with Crippen molar-refractivity contribution in [1.82, 2.24) is 0 Å². The molecule has 0 aromatic heterocycles. The summed E-state index contributed by atoms with van der Waals surface area (Å²) in [5, 5.41) is 0. The number of unbranched alkanes of at least 4 members (excludes halogenated alkanes) is 3. The van der Waals surface area contributed by atoms with Gasteiger partial charge in [0.05, 0.1) is 13.7 Å². The molecule has 174 valence electrons. The molecule has 31 heavy (non-hydrogen) atoms. The van der Waals surface area contributed by atoms with Crippen LogP contribution >= 0.6 is 0 Å². The minimum atomic E-state index is -0.977. The number of methoxy groups -OCH3 is 1. The molecule has 3 rings (SSSR count). The zero-order chi connectivity index (χ0) is 22.1. The molecule has 0 unspecified atom stereocenters. The lowest BCUT2D eigenvalue weighted by atomic mass is 9.69. The number of ether oxygens (including phenoxy) is 2. The lowest BCUT2D eigenvalue weighted by Gasteiger charge is -2.37. The standard InChI is InChI=1S/C27H40F2O2/c1-3-4-5-6-7-8-20-9-13-22(14-10-20)23-15-11-21(12-16-23)19-31-25-18-17-24(30-2)26(28)27(25)29/h7-8,17-18,20-23H,3-6,9-16,19H2,1-2H3/b8-7+. The van der Waals surface area contributed by atoms with Crippen LogP contribution in [0.5, 0.6) is 11.5 Å². The first-order valence-electron chi connectivity index (χ1n) is 12.4. The summed E-state index contributed by atoms with van der Waals surface area (Å²) in [5.41, 5.74) is 0. The van der Waals surface area contributed by atoms with Gasteiger partial charge in [0, 0.05) is 0 Å². The van der Waals surface area contributed by atoms with Crippen LogP contribution in [0, 0.1) is 35.3 Å². The highest BCUT2D eigenvalue weighted by molar-refractivity contribution is 5.34. The Morgan fingerprint density at radius 2 is 1.48 bits per heavy atom. The van der Waals surface area contributed by atoms with Gasteiger partial charge in [-0.1, -0.05) is 31.9 Å². The van der Waals surface area contributed by atoms with E-state index in [1.165, 1.54) is 83.5 Å². The highest BCUT2D eigenvalue weighted by atomic mass is 19.2. The Morgan fingerprint density at radius 1 is 0.871 bits per heavy atom. The first kappa shape index (κ1) is 24.1. The first-order valence-corrected chi connectivity index (χ1v) is 12.4. The second-order valence-corrected chi connectivity index (χ2v) is 9.58. The molecule has 0 spiro atoms. The highest BCUT2D eigenvalue weighted by Gasteiger charge is 2.30. The van der Waals surface area contributed by atoms with E-state index in [0.717, 1.165) is 30.6 Å². The molecule has 1 aromatic rings. The van der Waals surface area contributed by atoms with Crippen LogP contribution in [0.3, 0.4) is 0 Å².